The molecule has 0 aromatic heterocycles. The smallest absolute Gasteiger partial charge is 0.239 e. The van der Waals surface area contributed by atoms with E-state index in [2.05, 4.69) is 0 Å². The highest BCUT2D eigenvalue weighted by molar-refractivity contribution is 6.24. The highest BCUT2D eigenvalue weighted by atomic mass is 16.5. The lowest BCUT2D eigenvalue weighted by atomic mass is 9.47. The molecule has 1 N–H and O–H groups in total. The van der Waals surface area contributed by atoms with Crippen LogP contribution in [0.4, 0.5) is 5.69 Å². The van der Waals surface area contributed by atoms with Gasteiger partial charge in [0.25, 0.3) is 0 Å². The molecule has 3 aromatic carbocycles. The summed E-state index contributed by atoms with van der Waals surface area (Å²) >= 11 is 0. The first kappa shape index (κ1) is 19.3. The molecule has 7 rings (SSSR count). The van der Waals surface area contributed by atoms with E-state index in [0.29, 0.717) is 18.0 Å². The minimum Gasteiger partial charge on any atom is -0.492 e. The first-order valence-electron chi connectivity index (χ1n) is 11.0. The van der Waals surface area contributed by atoms with Crippen molar-refractivity contribution < 1.29 is 19.4 Å². The van der Waals surface area contributed by atoms with Crippen molar-refractivity contribution in [3.63, 3.8) is 0 Å². The number of anilines is 1. The quantitative estimate of drug-likeness (QED) is 0.649. The maximum atomic E-state index is 14.0. The van der Waals surface area contributed by atoms with Crippen LogP contribution >= 0.6 is 0 Å². The predicted molar refractivity (Wildman–Crippen MR) is 120 cm³/mol. The molecule has 1 fully saturated rings. The molecule has 2 bridgehead atoms. The van der Waals surface area contributed by atoms with Crippen LogP contribution in [0.3, 0.4) is 0 Å². The number of carbonyl (C=O) groups is 2. The first-order chi connectivity index (χ1) is 15.6. The molecule has 32 heavy (non-hydrogen) atoms. The number of rotatable bonds is 4. The standard InChI is InChI=1S/C27H23NO4/c1-2-32-21-14-8-7-13-20(21)28-25(30)23-22-16-9-3-5-11-18(16)27(15-29,24(23)26(28)31)19-12-6-4-10-17(19)22/h3-14,22-24,29H,2,15H2,1H3. The van der Waals surface area contributed by atoms with E-state index < -0.39 is 17.3 Å². The van der Waals surface area contributed by atoms with Gasteiger partial charge in [0, 0.05) is 5.92 Å². The van der Waals surface area contributed by atoms with E-state index in [1.807, 2.05) is 61.5 Å². The molecule has 3 aromatic rings. The number of ether oxygens (including phenoxy) is 1. The Balaban J connectivity index is 1.61. The molecular weight excluding hydrogens is 402 g/mol. The number of nitrogens with zero attached hydrogens (tertiary/aromatic N) is 1. The Morgan fingerprint density at radius 3 is 2.09 bits per heavy atom. The molecule has 2 unspecified atom stereocenters. The van der Waals surface area contributed by atoms with E-state index in [9.17, 15) is 14.7 Å². The molecule has 1 heterocycles. The van der Waals surface area contributed by atoms with E-state index in [1.54, 1.807) is 18.2 Å². The third-order valence-electron chi connectivity index (χ3n) is 7.45. The van der Waals surface area contributed by atoms with Crippen LogP contribution in [0.25, 0.3) is 0 Å². The highest BCUT2D eigenvalue weighted by Crippen LogP contribution is 2.64. The molecule has 1 saturated heterocycles. The first-order valence-corrected chi connectivity index (χ1v) is 11.0. The summed E-state index contributed by atoms with van der Waals surface area (Å²) in [5, 5.41) is 10.9. The third-order valence-corrected chi connectivity index (χ3v) is 7.45. The lowest BCUT2D eigenvalue weighted by molar-refractivity contribution is -0.124. The molecule has 5 nitrogen and oxygen atoms in total. The van der Waals surface area contributed by atoms with Gasteiger partial charge in [-0.25, -0.2) is 4.90 Å². The van der Waals surface area contributed by atoms with Gasteiger partial charge < -0.3 is 9.84 Å². The van der Waals surface area contributed by atoms with E-state index in [4.69, 9.17) is 4.74 Å². The summed E-state index contributed by atoms with van der Waals surface area (Å²) in [6.07, 6.45) is 0. The van der Waals surface area contributed by atoms with E-state index >= 15 is 0 Å². The molecule has 2 atom stereocenters. The fourth-order valence-corrected chi connectivity index (χ4v) is 6.35. The Morgan fingerprint density at radius 1 is 0.875 bits per heavy atom. The molecule has 2 amide bonds. The van der Waals surface area contributed by atoms with Crippen LogP contribution in [0.2, 0.25) is 0 Å². The molecular formula is C27H23NO4. The van der Waals surface area contributed by atoms with Crippen molar-refractivity contribution in [2.24, 2.45) is 11.8 Å². The summed E-state index contributed by atoms with van der Waals surface area (Å²) < 4.78 is 5.75. The second kappa shape index (κ2) is 6.78. The van der Waals surface area contributed by atoms with Crippen LogP contribution in [0.1, 0.15) is 35.1 Å². The van der Waals surface area contributed by atoms with Gasteiger partial charge >= 0.3 is 0 Å². The predicted octanol–water partition coefficient (Wildman–Crippen LogP) is 3.63. The lowest BCUT2D eigenvalue weighted by Crippen LogP contribution is -2.55. The highest BCUT2D eigenvalue weighted by Gasteiger charge is 2.68. The van der Waals surface area contributed by atoms with Crippen LogP contribution in [0, 0.1) is 11.8 Å². The number of amides is 2. The van der Waals surface area contributed by atoms with Crippen molar-refractivity contribution in [1.82, 2.24) is 0 Å². The van der Waals surface area contributed by atoms with Gasteiger partial charge in [0.1, 0.15) is 5.75 Å². The van der Waals surface area contributed by atoms with Crippen LogP contribution in [-0.4, -0.2) is 30.1 Å². The molecule has 0 spiro atoms. The normalized spacial score (nSPS) is 27.2. The van der Waals surface area contributed by atoms with Gasteiger partial charge in [-0.15, -0.1) is 0 Å². The third kappa shape index (κ3) is 2.16. The number of aliphatic hydroxyl groups excluding tert-OH is 1. The van der Waals surface area contributed by atoms with Gasteiger partial charge in [0.2, 0.25) is 11.8 Å². The number of imide groups is 1. The van der Waals surface area contributed by atoms with E-state index in [-0.39, 0.29) is 24.3 Å². The van der Waals surface area contributed by atoms with E-state index in [1.165, 1.54) is 4.90 Å². The summed E-state index contributed by atoms with van der Waals surface area (Å²) in [6.45, 7) is 2.06. The van der Waals surface area contributed by atoms with Crippen LogP contribution in [0.5, 0.6) is 5.75 Å². The maximum absolute atomic E-state index is 14.0. The van der Waals surface area contributed by atoms with Gasteiger partial charge in [-0.2, -0.15) is 0 Å². The number of para-hydroxylation sites is 2. The zero-order valence-electron chi connectivity index (χ0n) is 17.7. The second-order valence-electron chi connectivity index (χ2n) is 8.70. The Bertz CT molecular complexity index is 1220. The Hall–Kier alpha value is -3.44. The average molecular weight is 425 g/mol. The average Bonchev–Trinajstić information content (AvgIpc) is 3.10. The number of carbonyl (C=O) groups excluding carboxylic acids is 2. The van der Waals surface area contributed by atoms with Crippen molar-refractivity contribution in [3.05, 3.63) is 95.1 Å². The lowest BCUT2D eigenvalue weighted by Gasteiger charge is -2.53. The molecule has 5 heteroatoms. The summed E-state index contributed by atoms with van der Waals surface area (Å²) in [7, 11) is 0. The monoisotopic (exact) mass is 425 g/mol. The Kier molecular flexibility index (Phi) is 4.08. The zero-order valence-corrected chi connectivity index (χ0v) is 17.7. The van der Waals surface area contributed by atoms with Gasteiger partial charge in [0.05, 0.1) is 36.2 Å². The van der Waals surface area contributed by atoms with Crippen molar-refractivity contribution >= 4 is 17.5 Å². The maximum Gasteiger partial charge on any atom is 0.239 e. The topological polar surface area (TPSA) is 66.8 Å². The summed E-state index contributed by atoms with van der Waals surface area (Å²) in [5.74, 6) is -1.43. The fourth-order valence-electron chi connectivity index (χ4n) is 6.35. The van der Waals surface area contributed by atoms with Crippen LogP contribution < -0.4 is 9.64 Å². The second-order valence-corrected chi connectivity index (χ2v) is 8.70. The van der Waals surface area contributed by atoms with Crippen LogP contribution in [0.15, 0.2) is 72.8 Å². The van der Waals surface area contributed by atoms with Gasteiger partial charge in [0.15, 0.2) is 0 Å². The SMILES string of the molecule is CCOc1ccccc1N1C(=O)C2C3c4ccccc4C(CO)(c4ccccc43)C2C1=O. The van der Waals surface area contributed by atoms with Crippen LogP contribution in [-0.2, 0) is 15.0 Å². The van der Waals surface area contributed by atoms with Crippen molar-refractivity contribution in [2.75, 3.05) is 18.1 Å². The number of hydrogen-bond acceptors (Lipinski definition) is 4. The largest absolute Gasteiger partial charge is 0.492 e. The zero-order chi connectivity index (χ0) is 22.0. The molecule has 160 valence electrons. The van der Waals surface area contributed by atoms with Crippen molar-refractivity contribution in [3.8, 4) is 5.75 Å². The summed E-state index contributed by atoms with van der Waals surface area (Å²) in [5.41, 5.74) is 3.49. The molecule has 0 saturated carbocycles. The Morgan fingerprint density at radius 2 is 1.47 bits per heavy atom. The molecule has 1 aliphatic heterocycles. The van der Waals surface area contributed by atoms with Gasteiger partial charge in [-0.05, 0) is 41.3 Å². The number of aliphatic hydroxyl groups is 1. The summed E-state index contributed by atoms with van der Waals surface area (Å²) in [6, 6.07) is 23.0. The molecule has 3 aliphatic carbocycles. The number of benzene rings is 3. The minimum atomic E-state index is -0.950. The molecule has 0 radical (unpaired) electrons. The summed E-state index contributed by atoms with van der Waals surface area (Å²) in [4.78, 5) is 29.3. The fraction of sp³-hybridized carbons (Fsp3) is 0.259. The van der Waals surface area contributed by atoms with Crippen molar-refractivity contribution in [1.29, 1.82) is 0 Å². The van der Waals surface area contributed by atoms with E-state index in [0.717, 1.165) is 22.3 Å². The Labute approximate surface area is 186 Å². The molecule has 4 aliphatic rings. The van der Waals surface area contributed by atoms with Gasteiger partial charge in [-0.3, -0.25) is 9.59 Å². The van der Waals surface area contributed by atoms with Crippen molar-refractivity contribution in [2.45, 2.75) is 18.3 Å². The minimum absolute atomic E-state index is 0.221. The van der Waals surface area contributed by atoms with Gasteiger partial charge in [-0.1, -0.05) is 60.7 Å². The number of hydrogen-bond donors (Lipinski definition) is 1.